The molecule has 0 saturated heterocycles. The molecule has 5 nitrogen and oxygen atoms in total. The highest BCUT2D eigenvalue weighted by atomic mass is 16.5. The van der Waals surface area contributed by atoms with Crippen molar-refractivity contribution in [2.75, 3.05) is 24.7 Å². The lowest BCUT2D eigenvalue weighted by molar-refractivity contribution is -0.120. The van der Waals surface area contributed by atoms with E-state index in [1.54, 1.807) is 4.90 Å². The van der Waals surface area contributed by atoms with Crippen molar-refractivity contribution in [2.24, 2.45) is 0 Å². The Balaban J connectivity index is 2.12. The third-order valence-electron chi connectivity index (χ3n) is 3.96. The first-order chi connectivity index (χ1) is 12.6. The zero-order valence-corrected chi connectivity index (χ0v) is 15.5. The van der Waals surface area contributed by atoms with Gasteiger partial charge in [-0.05, 0) is 56.2 Å². The molecule has 0 atom stereocenters. The minimum atomic E-state index is -0.188. The normalized spacial score (nSPS) is 10.1. The Morgan fingerprint density at radius 1 is 1.08 bits per heavy atom. The number of amides is 1. The van der Waals surface area contributed by atoms with E-state index in [1.165, 1.54) is 0 Å². The lowest BCUT2D eigenvalue weighted by Gasteiger charge is -2.22. The summed E-state index contributed by atoms with van der Waals surface area (Å²) >= 11 is 0. The van der Waals surface area contributed by atoms with Crippen molar-refractivity contribution in [3.63, 3.8) is 0 Å². The van der Waals surface area contributed by atoms with E-state index in [-0.39, 0.29) is 18.9 Å². The van der Waals surface area contributed by atoms with Crippen molar-refractivity contribution >= 4 is 11.6 Å². The number of nitriles is 1. The summed E-state index contributed by atoms with van der Waals surface area (Å²) in [5, 5.41) is 8.90. The number of carbonyl (C=O) groups is 1. The van der Waals surface area contributed by atoms with Crippen molar-refractivity contribution in [1.29, 1.82) is 5.26 Å². The summed E-state index contributed by atoms with van der Waals surface area (Å²) in [6, 6.07) is 15.2. The van der Waals surface area contributed by atoms with E-state index in [4.69, 9.17) is 14.7 Å². The van der Waals surface area contributed by atoms with E-state index in [2.05, 4.69) is 6.07 Å². The summed E-state index contributed by atoms with van der Waals surface area (Å²) in [5.74, 6) is 1.29. The van der Waals surface area contributed by atoms with E-state index >= 15 is 0 Å². The van der Waals surface area contributed by atoms with Gasteiger partial charge >= 0.3 is 0 Å². The molecule has 0 radical (unpaired) electrons. The molecule has 0 fully saturated rings. The first kappa shape index (κ1) is 19.3. The zero-order chi connectivity index (χ0) is 18.9. The molecule has 2 aromatic carbocycles. The molecule has 2 rings (SSSR count). The summed E-state index contributed by atoms with van der Waals surface area (Å²) in [6.07, 6.45) is 0.252. The molecule has 0 aliphatic carbocycles. The van der Waals surface area contributed by atoms with Crippen LogP contribution in [0.25, 0.3) is 0 Å². The predicted octanol–water partition coefficient (Wildman–Crippen LogP) is 4.03. The van der Waals surface area contributed by atoms with Crippen molar-refractivity contribution < 1.29 is 14.3 Å². The second-order valence-electron chi connectivity index (χ2n) is 5.89. The van der Waals surface area contributed by atoms with Gasteiger partial charge in [-0.3, -0.25) is 4.79 Å². The first-order valence-corrected chi connectivity index (χ1v) is 8.66. The average Bonchev–Trinajstić information content (AvgIpc) is 2.63. The summed E-state index contributed by atoms with van der Waals surface area (Å²) in [4.78, 5) is 14.3. The molecule has 26 heavy (non-hydrogen) atoms. The molecule has 2 aromatic rings. The van der Waals surface area contributed by atoms with Crippen molar-refractivity contribution in [1.82, 2.24) is 0 Å². The molecular formula is C21H24N2O3. The van der Waals surface area contributed by atoms with Gasteiger partial charge in [-0.25, -0.2) is 0 Å². The molecule has 0 spiro atoms. The van der Waals surface area contributed by atoms with Gasteiger partial charge in [0.1, 0.15) is 11.5 Å². The lowest BCUT2D eigenvalue weighted by atomic mass is 10.1. The number of hydrogen-bond donors (Lipinski definition) is 0. The predicted molar refractivity (Wildman–Crippen MR) is 102 cm³/mol. The van der Waals surface area contributed by atoms with E-state index in [1.807, 2.05) is 63.2 Å². The second kappa shape index (κ2) is 9.47. The highest BCUT2D eigenvalue weighted by molar-refractivity contribution is 5.94. The Kier molecular flexibility index (Phi) is 7.04. The fraction of sp³-hybridized carbons (Fsp3) is 0.333. The highest BCUT2D eigenvalue weighted by Gasteiger charge is 2.17. The number of rotatable bonds is 8. The Morgan fingerprint density at radius 3 is 2.31 bits per heavy atom. The highest BCUT2D eigenvalue weighted by Crippen LogP contribution is 2.23. The minimum absolute atomic E-state index is 0.0790. The van der Waals surface area contributed by atoms with Gasteiger partial charge in [-0.2, -0.15) is 5.26 Å². The van der Waals surface area contributed by atoms with Crippen LogP contribution in [-0.4, -0.2) is 25.7 Å². The summed E-state index contributed by atoms with van der Waals surface area (Å²) in [5.41, 5.74) is 2.70. The molecule has 1 amide bonds. The average molecular weight is 352 g/mol. The van der Waals surface area contributed by atoms with Crippen LogP contribution >= 0.6 is 0 Å². The zero-order valence-electron chi connectivity index (χ0n) is 15.5. The van der Waals surface area contributed by atoms with Gasteiger partial charge in [0, 0.05) is 12.2 Å². The fourth-order valence-corrected chi connectivity index (χ4v) is 2.69. The molecule has 0 aliphatic heterocycles. The standard InChI is InChI=1S/C21H24N2O3/c1-4-25-19-11-9-18(10-12-19)23(14-6-13-22)20(24)15-26-21-16(2)7-5-8-17(21)3/h5,7-12H,4,6,14-15H2,1-3H3. The number of aryl methyl sites for hydroxylation is 2. The van der Waals surface area contributed by atoms with Crippen LogP contribution in [0.15, 0.2) is 42.5 Å². The molecule has 5 heteroatoms. The molecule has 0 heterocycles. The Bertz CT molecular complexity index is 759. The maximum atomic E-state index is 12.7. The monoisotopic (exact) mass is 352 g/mol. The van der Waals surface area contributed by atoms with E-state index in [9.17, 15) is 4.79 Å². The Morgan fingerprint density at radius 2 is 1.73 bits per heavy atom. The van der Waals surface area contributed by atoms with E-state index < -0.39 is 0 Å². The molecule has 0 bridgehead atoms. The molecule has 0 N–H and O–H groups in total. The molecule has 0 saturated carbocycles. The first-order valence-electron chi connectivity index (χ1n) is 8.66. The maximum Gasteiger partial charge on any atom is 0.264 e. The summed E-state index contributed by atoms with van der Waals surface area (Å²) < 4.78 is 11.2. The van der Waals surface area contributed by atoms with Gasteiger partial charge in [0.05, 0.1) is 19.1 Å². The maximum absolute atomic E-state index is 12.7. The van der Waals surface area contributed by atoms with E-state index in [0.29, 0.717) is 13.2 Å². The number of benzene rings is 2. The molecular weight excluding hydrogens is 328 g/mol. The van der Waals surface area contributed by atoms with Gasteiger partial charge in [0.25, 0.3) is 5.91 Å². The Labute approximate surface area is 154 Å². The van der Waals surface area contributed by atoms with Gasteiger partial charge in [-0.1, -0.05) is 18.2 Å². The number of ether oxygens (including phenoxy) is 2. The number of anilines is 1. The van der Waals surface area contributed by atoms with Crippen LogP contribution in [0.4, 0.5) is 5.69 Å². The molecule has 136 valence electrons. The molecule has 0 unspecified atom stereocenters. The number of nitrogens with zero attached hydrogens (tertiary/aromatic N) is 2. The quantitative estimate of drug-likeness (QED) is 0.720. The fourth-order valence-electron chi connectivity index (χ4n) is 2.69. The number of carbonyl (C=O) groups excluding carboxylic acids is 1. The second-order valence-corrected chi connectivity index (χ2v) is 5.89. The van der Waals surface area contributed by atoms with Crippen LogP contribution < -0.4 is 14.4 Å². The van der Waals surface area contributed by atoms with Crippen LogP contribution in [0.2, 0.25) is 0 Å². The van der Waals surface area contributed by atoms with Gasteiger partial charge in [0.2, 0.25) is 0 Å². The third kappa shape index (κ3) is 5.00. The Hall–Kier alpha value is -3.00. The number of hydrogen-bond acceptors (Lipinski definition) is 4. The van der Waals surface area contributed by atoms with Crippen LogP contribution in [0.5, 0.6) is 11.5 Å². The van der Waals surface area contributed by atoms with E-state index in [0.717, 1.165) is 28.3 Å². The van der Waals surface area contributed by atoms with Crippen molar-refractivity contribution in [3.05, 3.63) is 53.6 Å². The van der Waals surface area contributed by atoms with Crippen LogP contribution in [-0.2, 0) is 4.79 Å². The lowest BCUT2D eigenvalue weighted by Crippen LogP contribution is -2.35. The van der Waals surface area contributed by atoms with Crippen molar-refractivity contribution in [3.8, 4) is 17.6 Å². The smallest absolute Gasteiger partial charge is 0.264 e. The minimum Gasteiger partial charge on any atom is -0.494 e. The molecule has 0 aromatic heterocycles. The van der Waals surface area contributed by atoms with Crippen LogP contribution in [0.3, 0.4) is 0 Å². The van der Waals surface area contributed by atoms with Gasteiger partial charge in [-0.15, -0.1) is 0 Å². The molecule has 0 aliphatic rings. The van der Waals surface area contributed by atoms with Crippen LogP contribution in [0.1, 0.15) is 24.5 Å². The third-order valence-corrected chi connectivity index (χ3v) is 3.96. The summed E-state index contributed by atoms with van der Waals surface area (Å²) in [7, 11) is 0. The SMILES string of the molecule is CCOc1ccc(N(CCC#N)C(=O)COc2c(C)cccc2C)cc1. The number of para-hydroxylation sites is 1. The summed E-state index contributed by atoms with van der Waals surface area (Å²) in [6.45, 7) is 6.64. The van der Waals surface area contributed by atoms with Gasteiger partial charge in [0.15, 0.2) is 6.61 Å². The van der Waals surface area contributed by atoms with Crippen LogP contribution in [0, 0.1) is 25.2 Å². The topological polar surface area (TPSA) is 62.6 Å². The van der Waals surface area contributed by atoms with Gasteiger partial charge < -0.3 is 14.4 Å². The largest absolute Gasteiger partial charge is 0.494 e. The van der Waals surface area contributed by atoms with Crippen molar-refractivity contribution in [2.45, 2.75) is 27.2 Å².